The van der Waals surface area contributed by atoms with E-state index in [2.05, 4.69) is 9.97 Å². The van der Waals surface area contributed by atoms with Crippen molar-refractivity contribution in [2.45, 2.75) is 13.5 Å². The summed E-state index contributed by atoms with van der Waals surface area (Å²) in [6.45, 7) is 2.63. The molecule has 0 bridgehead atoms. The van der Waals surface area contributed by atoms with E-state index in [1.54, 1.807) is 30.0 Å². The zero-order valence-corrected chi connectivity index (χ0v) is 17.1. The van der Waals surface area contributed by atoms with Crippen LogP contribution in [-0.2, 0) is 16.1 Å². The third kappa shape index (κ3) is 4.57. The van der Waals surface area contributed by atoms with Crippen LogP contribution in [0.5, 0.6) is 11.5 Å². The fourth-order valence-corrected chi connectivity index (χ4v) is 3.55. The number of esters is 1. The van der Waals surface area contributed by atoms with Crippen molar-refractivity contribution >= 4 is 28.9 Å². The van der Waals surface area contributed by atoms with Gasteiger partial charge in [0, 0.05) is 22.8 Å². The SMILES string of the molecule is Cc1cnc(C(=O)OCC(=O)N(Cc2cccs2)c2ccc3c(c2)OCCO3)cn1. The van der Waals surface area contributed by atoms with E-state index in [1.807, 2.05) is 17.5 Å². The molecule has 1 aliphatic heterocycles. The molecular formula is C21H19N3O5S. The van der Waals surface area contributed by atoms with Gasteiger partial charge in [0.15, 0.2) is 23.8 Å². The van der Waals surface area contributed by atoms with E-state index < -0.39 is 12.6 Å². The second kappa shape index (κ2) is 8.91. The van der Waals surface area contributed by atoms with Crippen molar-refractivity contribution in [2.24, 2.45) is 0 Å². The van der Waals surface area contributed by atoms with Gasteiger partial charge in [0.25, 0.3) is 5.91 Å². The summed E-state index contributed by atoms with van der Waals surface area (Å²) in [6, 6.07) is 9.17. The van der Waals surface area contributed by atoms with Gasteiger partial charge in [0.05, 0.1) is 18.4 Å². The first-order valence-electron chi connectivity index (χ1n) is 9.28. The number of benzene rings is 1. The lowest BCUT2D eigenvalue weighted by atomic mass is 10.2. The number of nitrogens with zero attached hydrogens (tertiary/aromatic N) is 3. The molecule has 8 nitrogen and oxygen atoms in total. The van der Waals surface area contributed by atoms with Crippen molar-refractivity contribution in [1.82, 2.24) is 9.97 Å². The molecule has 9 heteroatoms. The van der Waals surface area contributed by atoms with Crippen LogP contribution in [0.4, 0.5) is 5.69 Å². The van der Waals surface area contributed by atoms with E-state index in [9.17, 15) is 9.59 Å². The fraction of sp³-hybridized carbons (Fsp3) is 0.238. The van der Waals surface area contributed by atoms with Gasteiger partial charge < -0.3 is 19.1 Å². The molecule has 0 saturated carbocycles. The van der Waals surface area contributed by atoms with Crippen LogP contribution in [0.3, 0.4) is 0 Å². The second-order valence-corrected chi connectivity index (χ2v) is 7.54. The minimum Gasteiger partial charge on any atom is -0.486 e. The topological polar surface area (TPSA) is 90.9 Å². The number of hydrogen-bond acceptors (Lipinski definition) is 8. The molecule has 1 aliphatic rings. The van der Waals surface area contributed by atoms with Gasteiger partial charge >= 0.3 is 5.97 Å². The lowest BCUT2D eigenvalue weighted by Crippen LogP contribution is -2.34. The molecule has 3 aromatic rings. The normalized spacial score (nSPS) is 12.3. The predicted octanol–water partition coefficient (Wildman–Crippen LogP) is 3.01. The monoisotopic (exact) mass is 425 g/mol. The summed E-state index contributed by atoms with van der Waals surface area (Å²) in [5, 5.41) is 1.94. The molecule has 0 saturated heterocycles. The first kappa shape index (κ1) is 19.8. The Morgan fingerprint density at radius 3 is 2.70 bits per heavy atom. The van der Waals surface area contributed by atoms with Crippen molar-refractivity contribution in [3.63, 3.8) is 0 Å². The molecule has 0 fully saturated rings. The molecule has 0 radical (unpaired) electrons. The van der Waals surface area contributed by atoms with E-state index >= 15 is 0 Å². The second-order valence-electron chi connectivity index (χ2n) is 6.51. The van der Waals surface area contributed by atoms with Crippen LogP contribution in [0.2, 0.25) is 0 Å². The van der Waals surface area contributed by atoms with Gasteiger partial charge in [-0.15, -0.1) is 11.3 Å². The molecule has 3 heterocycles. The lowest BCUT2D eigenvalue weighted by Gasteiger charge is -2.25. The highest BCUT2D eigenvalue weighted by Crippen LogP contribution is 2.34. The average molecular weight is 425 g/mol. The molecule has 30 heavy (non-hydrogen) atoms. The summed E-state index contributed by atoms with van der Waals surface area (Å²) in [5.74, 6) is 0.148. The first-order valence-corrected chi connectivity index (χ1v) is 10.2. The number of thiophene rings is 1. The molecule has 1 amide bonds. The van der Waals surface area contributed by atoms with Crippen LogP contribution < -0.4 is 14.4 Å². The summed E-state index contributed by atoms with van der Waals surface area (Å²) in [7, 11) is 0. The van der Waals surface area contributed by atoms with Crippen molar-refractivity contribution in [2.75, 3.05) is 24.7 Å². The Balaban J connectivity index is 1.51. The molecule has 4 rings (SSSR count). The van der Waals surface area contributed by atoms with Crippen LogP contribution in [0.25, 0.3) is 0 Å². The van der Waals surface area contributed by atoms with Gasteiger partial charge in [0.1, 0.15) is 13.2 Å². The number of amides is 1. The number of fused-ring (bicyclic) bond motifs is 1. The smallest absolute Gasteiger partial charge is 0.359 e. The quantitative estimate of drug-likeness (QED) is 0.561. The third-order valence-corrected chi connectivity index (χ3v) is 5.21. The standard InChI is InChI=1S/C21H19N3O5S/c1-14-10-23-17(11-22-14)21(26)29-13-20(25)24(12-16-3-2-8-30-16)15-4-5-18-19(9-15)28-7-6-27-18/h2-5,8-11H,6-7,12-13H2,1H3. The van der Waals surface area contributed by atoms with Crippen molar-refractivity contribution in [3.05, 3.63) is 64.4 Å². The maximum atomic E-state index is 13.0. The molecule has 0 spiro atoms. The Bertz CT molecular complexity index is 1040. The van der Waals surface area contributed by atoms with Crippen LogP contribution in [-0.4, -0.2) is 41.7 Å². The minimum absolute atomic E-state index is 0.0533. The number of ether oxygens (including phenoxy) is 3. The minimum atomic E-state index is -0.700. The van der Waals surface area contributed by atoms with Gasteiger partial charge in [-0.25, -0.2) is 9.78 Å². The van der Waals surface area contributed by atoms with Gasteiger partial charge in [-0.3, -0.25) is 9.78 Å². The number of aromatic nitrogens is 2. The molecule has 1 aromatic carbocycles. The van der Waals surface area contributed by atoms with E-state index in [0.29, 0.717) is 42.6 Å². The number of carbonyl (C=O) groups excluding carboxylic acids is 2. The molecule has 0 unspecified atom stereocenters. The fourth-order valence-electron chi connectivity index (χ4n) is 2.86. The summed E-state index contributed by atoms with van der Waals surface area (Å²) in [5.41, 5.74) is 1.37. The van der Waals surface area contributed by atoms with Gasteiger partial charge in [0.2, 0.25) is 0 Å². The highest BCUT2D eigenvalue weighted by atomic mass is 32.1. The molecular weight excluding hydrogens is 406 g/mol. The third-order valence-electron chi connectivity index (χ3n) is 4.35. The highest BCUT2D eigenvalue weighted by molar-refractivity contribution is 7.09. The van der Waals surface area contributed by atoms with Crippen molar-refractivity contribution in [1.29, 1.82) is 0 Å². The van der Waals surface area contributed by atoms with Gasteiger partial charge in [-0.2, -0.15) is 0 Å². The van der Waals surface area contributed by atoms with E-state index in [-0.39, 0.29) is 11.6 Å². The van der Waals surface area contributed by atoms with Crippen LogP contribution in [0.1, 0.15) is 21.1 Å². The molecule has 0 aliphatic carbocycles. The van der Waals surface area contributed by atoms with E-state index in [1.165, 1.54) is 23.7 Å². The molecule has 0 atom stereocenters. The number of rotatable bonds is 6. The maximum absolute atomic E-state index is 13.0. The number of anilines is 1. The summed E-state index contributed by atoms with van der Waals surface area (Å²) in [4.78, 5) is 35.7. The molecule has 2 aromatic heterocycles. The Labute approximate surface area is 177 Å². The Morgan fingerprint density at radius 1 is 1.13 bits per heavy atom. The Morgan fingerprint density at radius 2 is 1.97 bits per heavy atom. The highest BCUT2D eigenvalue weighted by Gasteiger charge is 2.22. The number of carbonyl (C=O) groups is 2. The average Bonchev–Trinajstić information content (AvgIpc) is 3.29. The van der Waals surface area contributed by atoms with Crippen molar-refractivity contribution < 1.29 is 23.8 Å². The Kier molecular flexibility index (Phi) is 5.89. The number of hydrogen-bond donors (Lipinski definition) is 0. The van der Waals surface area contributed by atoms with Crippen molar-refractivity contribution in [3.8, 4) is 11.5 Å². The predicted molar refractivity (Wildman–Crippen MR) is 110 cm³/mol. The van der Waals surface area contributed by atoms with E-state index in [0.717, 1.165) is 4.88 Å². The lowest BCUT2D eigenvalue weighted by molar-refractivity contribution is -0.121. The van der Waals surface area contributed by atoms with Gasteiger partial charge in [-0.1, -0.05) is 6.07 Å². The van der Waals surface area contributed by atoms with Gasteiger partial charge in [-0.05, 0) is 30.5 Å². The zero-order valence-electron chi connectivity index (χ0n) is 16.2. The van der Waals surface area contributed by atoms with Crippen LogP contribution in [0.15, 0.2) is 48.1 Å². The molecule has 154 valence electrons. The summed E-state index contributed by atoms with van der Waals surface area (Å²) in [6.07, 6.45) is 2.79. The first-order chi connectivity index (χ1) is 14.6. The largest absolute Gasteiger partial charge is 0.486 e. The van der Waals surface area contributed by atoms with Crippen LogP contribution >= 0.6 is 11.3 Å². The summed E-state index contributed by atoms with van der Waals surface area (Å²) >= 11 is 1.54. The zero-order chi connectivity index (χ0) is 20.9. The van der Waals surface area contributed by atoms with Crippen LogP contribution in [0, 0.1) is 6.92 Å². The van der Waals surface area contributed by atoms with E-state index in [4.69, 9.17) is 14.2 Å². The maximum Gasteiger partial charge on any atom is 0.359 e. The Hall–Kier alpha value is -3.46. The summed E-state index contributed by atoms with van der Waals surface area (Å²) < 4.78 is 16.4. The number of aryl methyl sites for hydroxylation is 1. The molecule has 0 N–H and O–H groups in total.